The van der Waals surface area contributed by atoms with Crippen LogP contribution in [0.25, 0.3) is 5.69 Å². The third-order valence-electron chi connectivity index (χ3n) is 2.84. The second-order valence-corrected chi connectivity index (χ2v) is 5.12. The van der Waals surface area contributed by atoms with Crippen LogP contribution >= 0.6 is 23.2 Å². The van der Waals surface area contributed by atoms with Crippen molar-refractivity contribution < 1.29 is 4.74 Å². The molecule has 2 aromatic carbocycles. The lowest BCUT2D eigenvalue weighted by molar-refractivity contribution is 0.306. The van der Waals surface area contributed by atoms with Gasteiger partial charge in [0.1, 0.15) is 18.7 Å². The monoisotopic (exact) mass is 320 g/mol. The van der Waals surface area contributed by atoms with Crippen LogP contribution in [0.1, 0.15) is 5.56 Å². The van der Waals surface area contributed by atoms with E-state index in [4.69, 9.17) is 27.9 Å². The van der Waals surface area contributed by atoms with E-state index in [0.29, 0.717) is 22.4 Å². The van der Waals surface area contributed by atoms with E-state index in [-0.39, 0.29) is 0 Å². The molecule has 3 rings (SSSR count). The van der Waals surface area contributed by atoms with Crippen LogP contribution < -0.4 is 4.74 Å². The SMILES string of the molecule is Clc1ccc(COc2cccc(-n3cnnn3)c2)c(Cl)c1. The molecule has 0 atom stereocenters. The van der Waals surface area contributed by atoms with E-state index in [9.17, 15) is 0 Å². The van der Waals surface area contributed by atoms with Crippen molar-refractivity contribution in [3.05, 3.63) is 64.4 Å². The van der Waals surface area contributed by atoms with Crippen LogP contribution in [0.15, 0.2) is 48.8 Å². The summed E-state index contributed by atoms with van der Waals surface area (Å²) in [5.74, 6) is 0.703. The molecule has 106 valence electrons. The lowest BCUT2D eigenvalue weighted by atomic mass is 10.2. The van der Waals surface area contributed by atoms with Crippen molar-refractivity contribution in [2.24, 2.45) is 0 Å². The summed E-state index contributed by atoms with van der Waals surface area (Å²) < 4.78 is 7.30. The van der Waals surface area contributed by atoms with Gasteiger partial charge in [0.15, 0.2) is 0 Å². The Balaban J connectivity index is 1.75. The van der Waals surface area contributed by atoms with Crippen molar-refractivity contribution in [2.75, 3.05) is 0 Å². The van der Waals surface area contributed by atoms with Gasteiger partial charge in [-0.1, -0.05) is 35.3 Å². The van der Waals surface area contributed by atoms with E-state index in [2.05, 4.69) is 15.5 Å². The molecule has 0 fully saturated rings. The number of tetrazole rings is 1. The second-order valence-electron chi connectivity index (χ2n) is 4.28. The Morgan fingerprint density at radius 3 is 2.76 bits per heavy atom. The first kappa shape index (κ1) is 13.9. The minimum Gasteiger partial charge on any atom is -0.489 e. The van der Waals surface area contributed by atoms with Gasteiger partial charge in [-0.2, -0.15) is 0 Å². The fourth-order valence-corrected chi connectivity index (χ4v) is 2.26. The predicted molar refractivity (Wildman–Crippen MR) is 79.9 cm³/mol. The van der Waals surface area contributed by atoms with Crippen LogP contribution in [0.4, 0.5) is 0 Å². The summed E-state index contributed by atoms with van der Waals surface area (Å²) in [4.78, 5) is 0. The molecule has 0 saturated carbocycles. The van der Waals surface area contributed by atoms with Gasteiger partial charge < -0.3 is 4.74 Å². The molecule has 0 spiro atoms. The molecule has 0 aliphatic heterocycles. The Kier molecular flexibility index (Phi) is 4.03. The smallest absolute Gasteiger partial charge is 0.143 e. The topological polar surface area (TPSA) is 52.8 Å². The second kappa shape index (κ2) is 6.11. The number of rotatable bonds is 4. The van der Waals surface area contributed by atoms with Crippen LogP contribution in [-0.4, -0.2) is 20.2 Å². The minimum absolute atomic E-state index is 0.356. The van der Waals surface area contributed by atoms with Crippen LogP contribution in [-0.2, 0) is 6.61 Å². The number of hydrogen-bond acceptors (Lipinski definition) is 4. The van der Waals surface area contributed by atoms with E-state index in [1.54, 1.807) is 16.8 Å². The summed E-state index contributed by atoms with van der Waals surface area (Å²) in [5.41, 5.74) is 1.69. The Labute approximate surface area is 131 Å². The van der Waals surface area contributed by atoms with Crippen molar-refractivity contribution in [1.82, 2.24) is 20.2 Å². The summed E-state index contributed by atoms with van der Waals surface area (Å²) in [6.07, 6.45) is 1.52. The van der Waals surface area contributed by atoms with Crippen molar-refractivity contribution >= 4 is 23.2 Å². The first-order chi connectivity index (χ1) is 10.2. The molecule has 0 saturated heterocycles. The molecule has 7 heteroatoms. The van der Waals surface area contributed by atoms with Crippen LogP contribution in [0, 0.1) is 0 Å². The number of halogens is 2. The molecular weight excluding hydrogens is 311 g/mol. The van der Waals surface area contributed by atoms with Gasteiger partial charge >= 0.3 is 0 Å². The zero-order chi connectivity index (χ0) is 14.7. The van der Waals surface area contributed by atoms with Crippen molar-refractivity contribution in [3.63, 3.8) is 0 Å². The third kappa shape index (κ3) is 3.32. The molecule has 1 heterocycles. The summed E-state index contributed by atoms with van der Waals surface area (Å²) in [6, 6.07) is 12.8. The highest BCUT2D eigenvalue weighted by Crippen LogP contribution is 2.23. The minimum atomic E-state index is 0.356. The predicted octanol–water partition coefficient (Wildman–Crippen LogP) is 3.55. The van der Waals surface area contributed by atoms with Gasteiger partial charge in [0, 0.05) is 21.7 Å². The van der Waals surface area contributed by atoms with Gasteiger partial charge in [0.2, 0.25) is 0 Å². The van der Waals surface area contributed by atoms with Gasteiger partial charge in [-0.25, -0.2) is 4.68 Å². The average Bonchev–Trinajstić information content (AvgIpc) is 3.01. The zero-order valence-corrected chi connectivity index (χ0v) is 12.3. The van der Waals surface area contributed by atoms with Crippen molar-refractivity contribution in [3.8, 4) is 11.4 Å². The molecule has 5 nitrogen and oxygen atoms in total. The van der Waals surface area contributed by atoms with E-state index >= 15 is 0 Å². The molecule has 3 aromatic rings. The van der Waals surface area contributed by atoms with E-state index in [1.165, 1.54) is 6.33 Å². The normalized spacial score (nSPS) is 10.6. The quantitative estimate of drug-likeness (QED) is 0.737. The highest BCUT2D eigenvalue weighted by atomic mass is 35.5. The van der Waals surface area contributed by atoms with Gasteiger partial charge in [0.25, 0.3) is 0 Å². The number of ether oxygens (including phenoxy) is 1. The van der Waals surface area contributed by atoms with E-state index < -0.39 is 0 Å². The number of hydrogen-bond donors (Lipinski definition) is 0. The molecular formula is C14H10Cl2N4O. The molecule has 0 aliphatic rings. The Morgan fingerprint density at radius 2 is 2.00 bits per heavy atom. The van der Waals surface area contributed by atoms with Gasteiger partial charge in [-0.05, 0) is 34.7 Å². The van der Waals surface area contributed by atoms with Crippen LogP contribution in [0.5, 0.6) is 5.75 Å². The van der Waals surface area contributed by atoms with E-state index in [0.717, 1.165) is 11.3 Å². The average molecular weight is 321 g/mol. The van der Waals surface area contributed by atoms with Gasteiger partial charge in [-0.15, -0.1) is 5.10 Å². The largest absolute Gasteiger partial charge is 0.489 e. The molecule has 0 aliphatic carbocycles. The summed E-state index contributed by atoms with van der Waals surface area (Å²) >= 11 is 12.0. The number of aromatic nitrogens is 4. The van der Waals surface area contributed by atoms with Gasteiger partial charge in [-0.3, -0.25) is 0 Å². The Bertz CT molecular complexity index is 746. The first-order valence-electron chi connectivity index (χ1n) is 6.12. The Hall–Kier alpha value is -2.11. The lowest BCUT2D eigenvalue weighted by Gasteiger charge is -2.09. The van der Waals surface area contributed by atoms with Crippen LogP contribution in [0.2, 0.25) is 10.0 Å². The highest BCUT2D eigenvalue weighted by Gasteiger charge is 2.04. The molecule has 0 bridgehead atoms. The maximum atomic E-state index is 6.11. The summed E-state index contributed by atoms with van der Waals surface area (Å²) in [6.45, 7) is 0.356. The van der Waals surface area contributed by atoms with Crippen molar-refractivity contribution in [1.29, 1.82) is 0 Å². The highest BCUT2D eigenvalue weighted by molar-refractivity contribution is 6.35. The molecule has 1 aromatic heterocycles. The number of benzene rings is 2. The lowest BCUT2D eigenvalue weighted by Crippen LogP contribution is -1.99. The Morgan fingerprint density at radius 1 is 1.10 bits per heavy atom. The summed E-state index contributed by atoms with van der Waals surface area (Å²) in [7, 11) is 0. The molecule has 0 N–H and O–H groups in total. The van der Waals surface area contributed by atoms with E-state index in [1.807, 2.05) is 30.3 Å². The fraction of sp³-hybridized carbons (Fsp3) is 0.0714. The van der Waals surface area contributed by atoms with Crippen molar-refractivity contribution in [2.45, 2.75) is 6.61 Å². The van der Waals surface area contributed by atoms with Crippen LogP contribution in [0.3, 0.4) is 0 Å². The van der Waals surface area contributed by atoms with Gasteiger partial charge in [0.05, 0.1) is 5.69 Å². The zero-order valence-electron chi connectivity index (χ0n) is 10.8. The maximum Gasteiger partial charge on any atom is 0.143 e. The molecule has 21 heavy (non-hydrogen) atoms. The first-order valence-corrected chi connectivity index (χ1v) is 6.88. The molecule has 0 unspecified atom stereocenters. The third-order valence-corrected chi connectivity index (χ3v) is 3.43. The molecule has 0 amide bonds. The number of nitrogens with zero attached hydrogens (tertiary/aromatic N) is 4. The summed E-state index contributed by atoms with van der Waals surface area (Å²) in [5, 5.41) is 12.2. The standard InChI is InChI=1S/C14H10Cl2N4O/c15-11-5-4-10(14(16)6-11)8-21-13-3-1-2-12(7-13)20-9-17-18-19-20/h1-7,9H,8H2. The molecule has 0 radical (unpaired) electrons. The fourth-order valence-electron chi connectivity index (χ4n) is 1.80. The maximum absolute atomic E-state index is 6.11.